The summed E-state index contributed by atoms with van der Waals surface area (Å²) in [6.07, 6.45) is -0.462. The predicted octanol–water partition coefficient (Wildman–Crippen LogP) is -3.35. The van der Waals surface area contributed by atoms with Crippen molar-refractivity contribution in [1.82, 2.24) is 16.0 Å². The standard InChI is InChI=1S/C18H32N6O8S/c19-6-2-1-3-10(16(29)24-12(18(31)32)7-13(21)25)23-17(30)11(4-5-14(26)27)22-15(28)9(20)8-33/h9-12,33H,1-8,19-20H2,(H2,21,25)(H,22,28)(H,23,30)(H,24,29)(H,26,27)(H,31,32). The number of hydrogen-bond donors (Lipinski definition) is 9. The molecule has 4 unspecified atom stereocenters. The van der Waals surface area contributed by atoms with Crippen LogP contribution in [0.2, 0.25) is 0 Å². The summed E-state index contributed by atoms with van der Waals surface area (Å²) in [6, 6.07) is -5.24. The molecule has 0 aliphatic carbocycles. The Morgan fingerprint density at radius 2 is 1.33 bits per heavy atom. The van der Waals surface area contributed by atoms with Crippen LogP contribution in [0.3, 0.4) is 0 Å². The second-order valence-corrected chi connectivity index (χ2v) is 7.56. The minimum absolute atomic E-state index is 0.0281. The fourth-order valence-electron chi connectivity index (χ4n) is 2.61. The molecule has 0 aliphatic rings. The number of nitrogens with one attached hydrogen (secondary N) is 3. The van der Waals surface area contributed by atoms with Crippen molar-refractivity contribution in [2.45, 2.75) is 62.7 Å². The zero-order valence-corrected chi connectivity index (χ0v) is 18.9. The van der Waals surface area contributed by atoms with Gasteiger partial charge in [-0.05, 0) is 32.2 Å². The SMILES string of the molecule is NCCCCC(NC(=O)C(CCC(=O)O)NC(=O)C(N)CS)C(=O)NC(CC(N)=O)C(=O)O. The Morgan fingerprint density at radius 3 is 1.79 bits per heavy atom. The van der Waals surface area contributed by atoms with Gasteiger partial charge in [0.05, 0.1) is 12.5 Å². The van der Waals surface area contributed by atoms with Crippen molar-refractivity contribution in [2.24, 2.45) is 17.2 Å². The summed E-state index contributed by atoms with van der Waals surface area (Å²) in [5, 5.41) is 25.0. The summed E-state index contributed by atoms with van der Waals surface area (Å²) in [4.78, 5) is 70.8. The molecule has 0 aromatic rings. The topological polar surface area (TPSA) is 257 Å². The van der Waals surface area contributed by atoms with Crippen molar-refractivity contribution in [3.63, 3.8) is 0 Å². The molecule has 0 saturated heterocycles. The summed E-state index contributed by atoms with van der Waals surface area (Å²) in [6.45, 7) is 0.306. The van der Waals surface area contributed by atoms with Crippen molar-refractivity contribution >= 4 is 48.2 Å². The van der Waals surface area contributed by atoms with Gasteiger partial charge >= 0.3 is 11.9 Å². The Kier molecular flexibility index (Phi) is 14.4. The van der Waals surface area contributed by atoms with Crippen LogP contribution in [0.1, 0.15) is 38.5 Å². The second kappa shape index (κ2) is 15.8. The van der Waals surface area contributed by atoms with Gasteiger partial charge in [-0.15, -0.1) is 0 Å². The number of hydrogen-bond acceptors (Lipinski definition) is 9. The fraction of sp³-hybridized carbons (Fsp3) is 0.667. The van der Waals surface area contributed by atoms with E-state index in [1.165, 1.54) is 0 Å². The number of rotatable bonds is 17. The zero-order valence-electron chi connectivity index (χ0n) is 18.0. The molecule has 33 heavy (non-hydrogen) atoms. The van der Waals surface area contributed by atoms with Gasteiger partial charge in [0, 0.05) is 12.2 Å². The number of carbonyl (C=O) groups excluding carboxylic acids is 4. The molecule has 188 valence electrons. The van der Waals surface area contributed by atoms with Crippen LogP contribution in [0.25, 0.3) is 0 Å². The number of unbranched alkanes of at least 4 members (excludes halogenated alkanes) is 1. The molecule has 14 nitrogen and oxygen atoms in total. The van der Waals surface area contributed by atoms with Crippen molar-refractivity contribution in [2.75, 3.05) is 12.3 Å². The van der Waals surface area contributed by atoms with Gasteiger partial charge in [0.1, 0.15) is 18.1 Å². The van der Waals surface area contributed by atoms with E-state index in [1.807, 2.05) is 0 Å². The number of amides is 4. The third-order valence-electron chi connectivity index (χ3n) is 4.41. The maximum absolute atomic E-state index is 12.8. The Bertz CT molecular complexity index is 722. The highest BCUT2D eigenvalue weighted by atomic mass is 32.1. The second-order valence-electron chi connectivity index (χ2n) is 7.20. The predicted molar refractivity (Wildman–Crippen MR) is 119 cm³/mol. The van der Waals surface area contributed by atoms with E-state index in [4.69, 9.17) is 22.3 Å². The quantitative estimate of drug-likeness (QED) is 0.0719. The largest absolute Gasteiger partial charge is 0.481 e. The van der Waals surface area contributed by atoms with Crippen LogP contribution in [0.15, 0.2) is 0 Å². The van der Waals surface area contributed by atoms with Gasteiger partial charge in [-0.25, -0.2) is 4.79 Å². The number of carboxylic acids is 2. The van der Waals surface area contributed by atoms with E-state index in [1.54, 1.807) is 0 Å². The van der Waals surface area contributed by atoms with E-state index < -0.39 is 72.6 Å². The normalized spacial score (nSPS) is 14.3. The van der Waals surface area contributed by atoms with Crippen LogP contribution in [-0.2, 0) is 28.8 Å². The molecule has 0 heterocycles. The lowest BCUT2D eigenvalue weighted by Gasteiger charge is -2.25. The van der Waals surface area contributed by atoms with Crippen molar-refractivity contribution in [1.29, 1.82) is 0 Å². The van der Waals surface area contributed by atoms with Crippen molar-refractivity contribution in [3.05, 3.63) is 0 Å². The van der Waals surface area contributed by atoms with Crippen LogP contribution in [0.5, 0.6) is 0 Å². The molecule has 0 fully saturated rings. The number of nitrogens with two attached hydrogens (primary N) is 3. The van der Waals surface area contributed by atoms with Crippen LogP contribution < -0.4 is 33.2 Å². The number of aliphatic carboxylic acids is 2. The van der Waals surface area contributed by atoms with E-state index in [-0.39, 0.29) is 18.6 Å². The number of carboxylic acid groups (broad SMARTS) is 2. The maximum Gasteiger partial charge on any atom is 0.326 e. The first kappa shape index (κ1) is 30.1. The highest BCUT2D eigenvalue weighted by molar-refractivity contribution is 7.80. The Hall–Kier alpha value is -2.91. The summed E-state index contributed by atoms with van der Waals surface area (Å²) >= 11 is 3.89. The molecule has 0 radical (unpaired) electrons. The monoisotopic (exact) mass is 492 g/mol. The Morgan fingerprint density at radius 1 is 0.818 bits per heavy atom. The van der Waals surface area contributed by atoms with E-state index in [2.05, 4.69) is 28.6 Å². The molecule has 0 aromatic carbocycles. The van der Waals surface area contributed by atoms with E-state index in [0.717, 1.165) is 0 Å². The summed E-state index contributed by atoms with van der Waals surface area (Å²) in [5.74, 6) is -6.21. The van der Waals surface area contributed by atoms with E-state index >= 15 is 0 Å². The lowest BCUT2D eigenvalue weighted by molar-refractivity contribution is -0.143. The Balaban J connectivity index is 5.53. The summed E-state index contributed by atoms with van der Waals surface area (Å²) < 4.78 is 0. The van der Waals surface area contributed by atoms with Gasteiger partial charge in [-0.1, -0.05) is 0 Å². The first-order valence-electron chi connectivity index (χ1n) is 10.1. The molecule has 0 aliphatic heterocycles. The molecule has 0 aromatic heterocycles. The maximum atomic E-state index is 12.8. The zero-order chi connectivity index (χ0) is 25.6. The molecule has 0 spiro atoms. The molecular formula is C18H32N6O8S. The molecule has 11 N–H and O–H groups in total. The fourth-order valence-corrected chi connectivity index (χ4v) is 2.77. The van der Waals surface area contributed by atoms with Crippen molar-refractivity contribution < 1.29 is 39.0 Å². The van der Waals surface area contributed by atoms with Gasteiger partial charge < -0.3 is 43.4 Å². The first-order chi connectivity index (χ1) is 15.4. The lowest BCUT2D eigenvalue weighted by atomic mass is 10.0. The number of primary amides is 1. The third kappa shape index (κ3) is 12.6. The smallest absolute Gasteiger partial charge is 0.326 e. The van der Waals surface area contributed by atoms with Gasteiger partial charge in [-0.3, -0.25) is 24.0 Å². The number of thiol groups is 1. The average Bonchev–Trinajstić information content (AvgIpc) is 2.73. The lowest BCUT2D eigenvalue weighted by Crippen LogP contribution is -2.57. The first-order valence-corrected chi connectivity index (χ1v) is 10.8. The third-order valence-corrected chi connectivity index (χ3v) is 4.81. The van der Waals surface area contributed by atoms with Crippen LogP contribution in [-0.4, -0.2) is 82.2 Å². The van der Waals surface area contributed by atoms with Gasteiger partial charge in [0.2, 0.25) is 23.6 Å². The molecule has 0 saturated carbocycles. The molecule has 4 atom stereocenters. The molecule has 15 heteroatoms. The van der Waals surface area contributed by atoms with Gasteiger partial charge in [-0.2, -0.15) is 12.6 Å². The molecule has 4 amide bonds. The summed E-state index contributed by atoms with van der Waals surface area (Å²) in [5.41, 5.74) is 16.0. The van der Waals surface area contributed by atoms with Crippen LogP contribution in [0.4, 0.5) is 0 Å². The Labute approximate surface area is 195 Å². The van der Waals surface area contributed by atoms with Crippen LogP contribution in [0, 0.1) is 0 Å². The highest BCUT2D eigenvalue weighted by Crippen LogP contribution is 2.06. The minimum Gasteiger partial charge on any atom is -0.481 e. The summed E-state index contributed by atoms with van der Waals surface area (Å²) in [7, 11) is 0. The molecule has 0 bridgehead atoms. The highest BCUT2D eigenvalue weighted by Gasteiger charge is 2.30. The van der Waals surface area contributed by atoms with Gasteiger partial charge in [0.15, 0.2) is 0 Å². The van der Waals surface area contributed by atoms with E-state index in [0.29, 0.717) is 19.4 Å². The minimum atomic E-state index is -1.61. The van der Waals surface area contributed by atoms with Gasteiger partial charge in [0.25, 0.3) is 0 Å². The van der Waals surface area contributed by atoms with E-state index in [9.17, 15) is 33.9 Å². The average molecular weight is 493 g/mol. The molecular weight excluding hydrogens is 460 g/mol. The van der Waals surface area contributed by atoms with Crippen LogP contribution >= 0.6 is 12.6 Å². The molecule has 0 rings (SSSR count). The number of carbonyl (C=O) groups is 6. The van der Waals surface area contributed by atoms with Crippen molar-refractivity contribution in [3.8, 4) is 0 Å².